The van der Waals surface area contributed by atoms with Crippen LogP contribution in [0.4, 0.5) is 0 Å². The summed E-state index contributed by atoms with van der Waals surface area (Å²) in [5.74, 6) is 0.585. The molecule has 72 valence electrons. The first-order chi connectivity index (χ1) is 6.11. The number of aromatic amines is 1. The second kappa shape index (κ2) is 3.01. The SMILES string of the molecule is CC(C)n1[nH]c(C2CC2)c(Br)c1=O. The summed E-state index contributed by atoms with van der Waals surface area (Å²) < 4.78 is 2.40. The Kier molecular flexibility index (Phi) is 2.10. The molecule has 0 atom stereocenters. The van der Waals surface area contributed by atoms with Gasteiger partial charge in [-0.25, -0.2) is 4.68 Å². The number of nitrogens with zero attached hydrogens (tertiary/aromatic N) is 1. The Bertz CT molecular complexity index is 373. The third-order valence-electron chi connectivity index (χ3n) is 2.39. The molecule has 1 N–H and O–H groups in total. The average Bonchev–Trinajstić information content (AvgIpc) is 2.83. The van der Waals surface area contributed by atoms with Gasteiger partial charge in [-0.15, -0.1) is 0 Å². The van der Waals surface area contributed by atoms with E-state index in [1.807, 2.05) is 13.8 Å². The lowest BCUT2D eigenvalue weighted by atomic mass is 10.3. The predicted molar refractivity (Wildman–Crippen MR) is 55.1 cm³/mol. The Hall–Kier alpha value is -0.510. The van der Waals surface area contributed by atoms with Gasteiger partial charge in [0.15, 0.2) is 0 Å². The van der Waals surface area contributed by atoms with Crippen molar-refractivity contribution >= 4 is 15.9 Å². The third-order valence-corrected chi connectivity index (χ3v) is 3.15. The summed E-state index contributed by atoms with van der Waals surface area (Å²) in [7, 11) is 0. The van der Waals surface area contributed by atoms with Gasteiger partial charge in [-0.2, -0.15) is 0 Å². The lowest BCUT2D eigenvalue weighted by Gasteiger charge is -2.04. The highest BCUT2D eigenvalue weighted by molar-refractivity contribution is 9.10. The summed E-state index contributed by atoms with van der Waals surface area (Å²) in [6, 6.07) is 0.205. The Balaban J connectivity index is 2.48. The molecule has 0 aromatic carbocycles. The lowest BCUT2D eigenvalue weighted by Crippen LogP contribution is -2.18. The van der Waals surface area contributed by atoms with Crippen molar-refractivity contribution in [2.75, 3.05) is 0 Å². The molecule has 0 saturated heterocycles. The molecule has 0 aliphatic heterocycles. The molecule has 1 heterocycles. The van der Waals surface area contributed by atoms with E-state index in [0.29, 0.717) is 5.92 Å². The van der Waals surface area contributed by atoms with Crippen LogP contribution in [0, 0.1) is 0 Å². The zero-order valence-electron chi connectivity index (χ0n) is 7.80. The van der Waals surface area contributed by atoms with Crippen LogP contribution in [0.3, 0.4) is 0 Å². The maximum absolute atomic E-state index is 11.6. The van der Waals surface area contributed by atoms with E-state index in [0.717, 1.165) is 10.2 Å². The van der Waals surface area contributed by atoms with Crippen LogP contribution >= 0.6 is 15.9 Å². The van der Waals surface area contributed by atoms with Crippen molar-refractivity contribution in [3.63, 3.8) is 0 Å². The smallest absolute Gasteiger partial charge is 0.281 e. The van der Waals surface area contributed by atoms with Crippen molar-refractivity contribution in [1.82, 2.24) is 9.78 Å². The Morgan fingerprint density at radius 1 is 1.54 bits per heavy atom. The number of hydrogen-bond donors (Lipinski definition) is 1. The summed E-state index contributed by atoms with van der Waals surface area (Å²) in [5, 5.41) is 3.17. The van der Waals surface area contributed by atoms with E-state index in [-0.39, 0.29) is 11.6 Å². The zero-order chi connectivity index (χ0) is 9.59. The number of rotatable bonds is 2. The molecule has 0 bridgehead atoms. The normalized spacial score (nSPS) is 16.9. The second-order valence-electron chi connectivity index (χ2n) is 3.88. The van der Waals surface area contributed by atoms with E-state index in [9.17, 15) is 4.79 Å². The molecule has 0 radical (unpaired) electrons. The number of aromatic nitrogens is 2. The van der Waals surface area contributed by atoms with Gasteiger partial charge >= 0.3 is 0 Å². The first-order valence-electron chi connectivity index (χ1n) is 4.61. The van der Waals surface area contributed by atoms with Crippen molar-refractivity contribution in [3.8, 4) is 0 Å². The molecular formula is C9H13BrN2O. The maximum atomic E-state index is 11.6. The molecule has 1 saturated carbocycles. The van der Waals surface area contributed by atoms with Gasteiger partial charge in [0, 0.05) is 12.0 Å². The molecule has 0 unspecified atom stereocenters. The lowest BCUT2D eigenvalue weighted by molar-refractivity contribution is 0.511. The molecule has 0 amide bonds. The molecular weight excluding hydrogens is 232 g/mol. The van der Waals surface area contributed by atoms with Crippen LogP contribution in [0.1, 0.15) is 44.3 Å². The van der Waals surface area contributed by atoms with Crippen LogP contribution in [0.5, 0.6) is 0 Å². The quantitative estimate of drug-likeness (QED) is 0.853. The number of H-pyrrole nitrogens is 1. The number of hydrogen-bond acceptors (Lipinski definition) is 1. The van der Waals surface area contributed by atoms with Crippen LogP contribution in [-0.2, 0) is 0 Å². The van der Waals surface area contributed by atoms with Crippen molar-refractivity contribution in [3.05, 3.63) is 20.5 Å². The van der Waals surface area contributed by atoms with Gasteiger partial charge < -0.3 is 0 Å². The van der Waals surface area contributed by atoms with E-state index in [4.69, 9.17) is 0 Å². The largest absolute Gasteiger partial charge is 0.298 e. The molecule has 3 nitrogen and oxygen atoms in total. The Labute approximate surface area is 85.3 Å². The Morgan fingerprint density at radius 3 is 2.54 bits per heavy atom. The molecule has 13 heavy (non-hydrogen) atoms. The van der Waals surface area contributed by atoms with E-state index in [2.05, 4.69) is 21.0 Å². The fourth-order valence-corrected chi connectivity index (χ4v) is 2.06. The topological polar surface area (TPSA) is 37.8 Å². The van der Waals surface area contributed by atoms with Gasteiger partial charge in [0.05, 0.1) is 5.69 Å². The third kappa shape index (κ3) is 1.47. The van der Waals surface area contributed by atoms with Crippen LogP contribution in [0.15, 0.2) is 9.27 Å². The highest BCUT2D eigenvalue weighted by atomic mass is 79.9. The van der Waals surface area contributed by atoms with E-state index < -0.39 is 0 Å². The average molecular weight is 245 g/mol. The van der Waals surface area contributed by atoms with E-state index in [1.54, 1.807) is 4.68 Å². The fraction of sp³-hybridized carbons (Fsp3) is 0.667. The van der Waals surface area contributed by atoms with Gasteiger partial charge in [0.2, 0.25) is 0 Å². The van der Waals surface area contributed by atoms with Crippen LogP contribution in [0.2, 0.25) is 0 Å². The van der Waals surface area contributed by atoms with E-state index >= 15 is 0 Å². The summed E-state index contributed by atoms with van der Waals surface area (Å²) in [6.45, 7) is 4.00. The standard InChI is InChI=1S/C9H13BrN2O/c1-5(2)12-9(13)7(10)8(11-12)6-3-4-6/h5-6,11H,3-4H2,1-2H3. The molecule has 1 aromatic heterocycles. The molecule has 0 spiro atoms. The molecule has 1 aliphatic carbocycles. The summed E-state index contributed by atoms with van der Waals surface area (Å²) in [4.78, 5) is 11.6. The minimum Gasteiger partial charge on any atom is -0.298 e. The summed E-state index contributed by atoms with van der Waals surface area (Å²) in [5.41, 5.74) is 1.15. The Morgan fingerprint density at radius 2 is 2.15 bits per heavy atom. The number of nitrogens with one attached hydrogen (secondary N) is 1. The van der Waals surface area contributed by atoms with Crippen molar-refractivity contribution in [2.24, 2.45) is 0 Å². The highest BCUT2D eigenvalue weighted by Crippen LogP contribution is 2.41. The van der Waals surface area contributed by atoms with Crippen LogP contribution in [0.25, 0.3) is 0 Å². The van der Waals surface area contributed by atoms with Crippen molar-refractivity contribution in [1.29, 1.82) is 0 Å². The van der Waals surface area contributed by atoms with Gasteiger partial charge in [-0.1, -0.05) is 0 Å². The van der Waals surface area contributed by atoms with Gasteiger partial charge in [0.25, 0.3) is 5.56 Å². The molecule has 2 rings (SSSR count). The fourth-order valence-electron chi connectivity index (χ4n) is 1.46. The zero-order valence-corrected chi connectivity index (χ0v) is 9.39. The molecule has 4 heteroatoms. The second-order valence-corrected chi connectivity index (χ2v) is 4.68. The highest BCUT2D eigenvalue weighted by Gasteiger charge is 2.29. The van der Waals surface area contributed by atoms with Crippen molar-refractivity contribution < 1.29 is 0 Å². The minimum atomic E-state index is 0.0666. The summed E-state index contributed by atoms with van der Waals surface area (Å²) >= 11 is 3.35. The van der Waals surface area contributed by atoms with Crippen LogP contribution in [-0.4, -0.2) is 9.78 Å². The predicted octanol–water partition coefficient (Wildman–Crippen LogP) is 2.40. The number of halogens is 1. The van der Waals surface area contributed by atoms with Crippen molar-refractivity contribution in [2.45, 2.75) is 38.6 Å². The van der Waals surface area contributed by atoms with Gasteiger partial charge in [-0.3, -0.25) is 9.89 Å². The van der Waals surface area contributed by atoms with E-state index in [1.165, 1.54) is 12.8 Å². The summed E-state index contributed by atoms with van der Waals surface area (Å²) in [6.07, 6.45) is 2.41. The van der Waals surface area contributed by atoms with Gasteiger partial charge in [-0.05, 0) is 42.6 Å². The van der Waals surface area contributed by atoms with Crippen LogP contribution < -0.4 is 5.56 Å². The van der Waals surface area contributed by atoms with Gasteiger partial charge in [0.1, 0.15) is 4.47 Å². The molecule has 1 aromatic rings. The minimum absolute atomic E-state index is 0.0666. The first-order valence-corrected chi connectivity index (χ1v) is 5.40. The first kappa shape index (κ1) is 9.06. The monoisotopic (exact) mass is 244 g/mol. The maximum Gasteiger partial charge on any atom is 0.281 e. The molecule has 1 fully saturated rings. The molecule has 1 aliphatic rings.